The van der Waals surface area contributed by atoms with E-state index < -0.39 is 11.9 Å². The zero-order chi connectivity index (χ0) is 25.5. The molecule has 1 aromatic heterocycles. The summed E-state index contributed by atoms with van der Waals surface area (Å²) in [5.74, 6) is -0.0203. The Hall–Kier alpha value is -4.36. The average molecular weight is 497 g/mol. The predicted molar refractivity (Wildman–Crippen MR) is 131 cm³/mol. The number of aromatic nitrogens is 2. The van der Waals surface area contributed by atoms with Crippen LogP contribution in [-0.4, -0.2) is 62.7 Å². The first-order chi connectivity index (χ1) is 18.0. The number of likely N-dealkylation sites (tertiary alicyclic amines) is 1. The van der Waals surface area contributed by atoms with E-state index in [-0.39, 0.29) is 30.2 Å². The maximum atomic E-state index is 12.9. The molecule has 0 spiro atoms. The van der Waals surface area contributed by atoms with E-state index >= 15 is 0 Å². The number of ether oxygens (including phenoxy) is 1. The molecule has 0 radical (unpaired) electrons. The van der Waals surface area contributed by atoms with Gasteiger partial charge in [-0.1, -0.05) is 6.07 Å². The zero-order valence-electron chi connectivity index (χ0n) is 20.0. The summed E-state index contributed by atoms with van der Waals surface area (Å²) in [6.45, 7) is 2.78. The first-order valence-corrected chi connectivity index (χ1v) is 12.3. The highest BCUT2D eigenvalue weighted by molar-refractivity contribution is 6.05. The number of nitrogens with zero attached hydrogens (tertiary/aromatic N) is 5. The van der Waals surface area contributed by atoms with Crippen LogP contribution in [0, 0.1) is 11.3 Å². The fraction of sp³-hybridized carbons (Fsp3) is 0.333. The number of rotatable bonds is 5. The monoisotopic (exact) mass is 496 g/mol. The number of piperidine rings is 1. The van der Waals surface area contributed by atoms with Gasteiger partial charge in [0.15, 0.2) is 0 Å². The molecular formula is C27H24N6O4. The third kappa shape index (κ3) is 4.49. The molecule has 2 saturated heterocycles. The molecule has 1 N–H and O–H groups in total. The fourth-order valence-corrected chi connectivity index (χ4v) is 5.35. The topological polar surface area (TPSA) is 129 Å². The second-order valence-electron chi connectivity index (χ2n) is 9.68. The van der Waals surface area contributed by atoms with Crippen molar-refractivity contribution in [2.75, 3.05) is 13.1 Å². The quantitative estimate of drug-likeness (QED) is 0.531. The lowest BCUT2D eigenvalue weighted by atomic mass is 10.0. The highest BCUT2D eigenvalue weighted by Gasteiger charge is 2.39. The second-order valence-corrected chi connectivity index (χ2v) is 9.68. The van der Waals surface area contributed by atoms with Crippen molar-refractivity contribution in [1.82, 2.24) is 25.1 Å². The van der Waals surface area contributed by atoms with Crippen molar-refractivity contribution in [1.29, 1.82) is 5.26 Å². The Morgan fingerprint density at radius 3 is 2.86 bits per heavy atom. The molecule has 2 aromatic carbocycles. The Morgan fingerprint density at radius 2 is 2.03 bits per heavy atom. The number of carbonyl (C=O) groups is 3. The number of nitrogens with one attached hydrogen (secondary N) is 1. The van der Waals surface area contributed by atoms with Crippen LogP contribution in [0.25, 0.3) is 10.9 Å². The number of carbonyl (C=O) groups excluding carboxylic acids is 3. The molecule has 3 aliphatic rings. The van der Waals surface area contributed by atoms with Crippen molar-refractivity contribution < 1.29 is 19.1 Å². The van der Waals surface area contributed by atoms with Crippen LogP contribution in [0.2, 0.25) is 0 Å². The minimum atomic E-state index is -0.625. The van der Waals surface area contributed by atoms with Crippen LogP contribution < -0.4 is 10.1 Å². The van der Waals surface area contributed by atoms with Gasteiger partial charge in [0.2, 0.25) is 17.6 Å². The maximum Gasteiger partial charge on any atom is 0.255 e. The third-order valence-corrected chi connectivity index (χ3v) is 7.18. The van der Waals surface area contributed by atoms with Crippen molar-refractivity contribution in [2.24, 2.45) is 0 Å². The van der Waals surface area contributed by atoms with Crippen LogP contribution in [0.5, 0.6) is 5.75 Å². The van der Waals surface area contributed by atoms with Crippen LogP contribution in [0.15, 0.2) is 42.6 Å². The number of imide groups is 1. The van der Waals surface area contributed by atoms with Crippen molar-refractivity contribution >= 4 is 28.6 Å². The van der Waals surface area contributed by atoms with Gasteiger partial charge in [-0.3, -0.25) is 24.6 Å². The van der Waals surface area contributed by atoms with Crippen LogP contribution in [0.3, 0.4) is 0 Å². The molecule has 3 aliphatic heterocycles. The Balaban J connectivity index is 1.08. The highest BCUT2D eigenvalue weighted by atomic mass is 16.5. The summed E-state index contributed by atoms with van der Waals surface area (Å²) in [6, 6.07) is 12.8. The largest absolute Gasteiger partial charge is 0.489 e. The summed E-state index contributed by atoms with van der Waals surface area (Å²) in [4.78, 5) is 48.8. The van der Waals surface area contributed by atoms with E-state index in [4.69, 9.17) is 10.00 Å². The second kappa shape index (κ2) is 9.26. The first kappa shape index (κ1) is 23.1. The first-order valence-electron chi connectivity index (χ1n) is 12.3. The van der Waals surface area contributed by atoms with Crippen molar-refractivity contribution in [3.63, 3.8) is 0 Å². The molecule has 0 aliphatic carbocycles. The van der Waals surface area contributed by atoms with Gasteiger partial charge in [-0.25, -0.2) is 9.97 Å². The van der Waals surface area contributed by atoms with E-state index in [0.29, 0.717) is 24.3 Å². The minimum Gasteiger partial charge on any atom is -0.489 e. The van der Waals surface area contributed by atoms with Gasteiger partial charge in [-0.2, -0.15) is 5.26 Å². The molecule has 2 fully saturated rings. The number of nitriles is 1. The summed E-state index contributed by atoms with van der Waals surface area (Å²) in [5.41, 5.74) is 3.31. The molecule has 6 rings (SSSR count). The molecular weight excluding hydrogens is 472 g/mol. The maximum absolute atomic E-state index is 12.9. The van der Waals surface area contributed by atoms with E-state index in [9.17, 15) is 14.4 Å². The van der Waals surface area contributed by atoms with Crippen molar-refractivity contribution in [3.05, 3.63) is 65.1 Å². The van der Waals surface area contributed by atoms with Crippen molar-refractivity contribution in [3.8, 4) is 11.8 Å². The van der Waals surface area contributed by atoms with Gasteiger partial charge >= 0.3 is 0 Å². The lowest BCUT2D eigenvalue weighted by Crippen LogP contribution is -2.52. The van der Waals surface area contributed by atoms with Gasteiger partial charge in [0.25, 0.3) is 5.91 Å². The molecule has 186 valence electrons. The van der Waals surface area contributed by atoms with Gasteiger partial charge in [0.05, 0.1) is 5.52 Å². The van der Waals surface area contributed by atoms with E-state index in [0.717, 1.165) is 48.1 Å². The summed E-state index contributed by atoms with van der Waals surface area (Å²) >= 11 is 0. The Morgan fingerprint density at radius 1 is 1.14 bits per heavy atom. The molecule has 0 saturated carbocycles. The molecule has 3 amide bonds. The SMILES string of the molecule is N#Cc1ncc2cc(CN3CC[C@H](Oc4ccc5c(c4)CN(C4CCC(=O)NC4=O)C5=O)C3)ccc2n1. The van der Waals surface area contributed by atoms with Gasteiger partial charge < -0.3 is 9.64 Å². The summed E-state index contributed by atoms with van der Waals surface area (Å²) < 4.78 is 6.27. The molecule has 10 nitrogen and oxygen atoms in total. The lowest BCUT2D eigenvalue weighted by Gasteiger charge is -2.29. The molecule has 4 heterocycles. The molecule has 10 heteroatoms. The van der Waals surface area contributed by atoms with Crippen LogP contribution >= 0.6 is 0 Å². The molecule has 3 aromatic rings. The normalized spacial score (nSPS) is 21.7. The number of hydrogen-bond acceptors (Lipinski definition) is 8. The predicted octanol–water partition coefficient (Wildman–Crippen LogP) is 1.92. The van der Waals surface area contributed by atoms with E-state index in [1.807, 2.05) is 30.3 Å². The summed E-state index contributed by atoms with van der Waals surface area (Å²) in [7, 11) is 0. The van der Waals surface area contributed by atoms with Crippen LogP contribution in [-0.2, 0) is 22.7 Å². The van der Waals surface area contributed by atoms with Gasteiger partial charge in [-0.15, -0.1) is 0 Å². The summed E-state index contributed by atoms with van der Waals surface area (Å²) in [6.07, 6.45) is 3.18. The Labute approximate surface area is 212 Å². The highest BCUT2D eigenvalue weighted by Crippen LogP contribution is 2.31. The zero-order valence-corrected chi connectivity index (χ0v) is 20.0. The fourth-order valence-electron chi connectivity index (χ4n) is 5.35. The van der Waals surface area contributed by atoms with Gasteiger partial charge in [0.1, 0.15) is 24.0 Å². The molecule has 37 heavy (non-hydrogen) atoms. The number of fused-ring (bicyclic) bond motifs is 2. The number of hydrogen-bond donors (Lipinski definition) is 1. The molecule has 2 atom stereocenters. The summed E-state index contributed by atoms with van der Waals surface area (Å²) in [5, 5.41) is 12.2. The van der Waals surface area contributed by atoms with Crippen LogP contribution in [0.1, 0.15) is 46.6 Å². The standard InChI is InChI=1S/C27H24N6O4/c28-11-24-29-12-17-9-16(1-4-22(17)30-24)13-32-8-7-20(15-32)37-19-2-3-21-18(10-19)14-33(27(21)36)23-5-6-25(34)31-26(23)35/h1-4,9-10,12,20,23H,5-8,13-15H2,(H,31,34,35)/t20-,23?/m0/s1. The van der Waals surface area contributed by atoms with E-state index in [2.05, 4.69) is 26.3 Å². The average Bonchev–Trinajstić information content (AvgIpc) is 3.47. The molecule has 0 bridgehead atoms. The smallest absolute Gasteiger partial charge is 0.255 e. The van der Waals surface area contributed by atoms with E-state index in [1.165, 1.54) is 0 Å². The van der Waals surface area contributed by atoms with Crippen molar-refractivity contribution in [2.45, 2.75) is 44.5 Å². The lowest BCUT2D eigenvalue weighted by molar-refractivity contribution is -0.136. The molecule has 1 unspecified atom stereocenters. The van der Waals surface area contributed by atoms with Gasteiger partial charge in [-0.05, 0) is 54.3 Å². The number of amides is 3. The minimum absolute atomic E-state index is 0.0309. The number of benzene rings is 2. The van der Waals surface area contributed by atoms with Crippen LogP contribution in [0.4, 0.5) is 0 Å². The Bertz CT molecular complexity index is 1480. The van der Waals surface area contributed by atoms with E-state index in [1.54, 1.807) is 17.2 Å². The Kier molecular flexibility index (Phi) is 5.77. The third-order valence-electron chi connectivity index (χ3n) is 7.18. The van der Waals surface area contributed by atoms with Gasteiger partial charge in [0, 0.05) is 49.7 Å².